The quantitative estimate of drug-likeness (QED) is 0.0260. The van der Waals surface area contributed by atoms with Crippen molar-refractivity contribution in [3.63, 3.8) is 0 Å². The van der Waals surface area contributed by atoms with Crippen molar-refractivity contribution in [1.82, 2.24) is 88.3 Å². The number of anilines is 6. The second-order valence-corrected chi connectivity index (χ2v) is 37.1. The van der Waals surface area contributed by atoms with Crippen LogP contribution in [0, 0.1) is 0 Å². The van der Waals surface area contributed by atoms with E-state index in [2.05, 4.69) is 101 Å². The van der Waals surface area contributed by atoms with Gasteiger partial charge in [0.15, 0.2) is 66.2 Å². The zero-order valence-corrected chi connectivity index (χ0v) is 76.0. The molecule has 0 bridgehead atoms. The number of amides is 1. The molecule has 0 radical (unpaired) electrons. The average Bonchev–Trinajstić information content (AvgIpc) is 1.59. The molecule has 20 aromatic rings. The lowest BCUT2D eigenvalue weighted by atomic mass is 10.1. The SMILES string of the molecule is CC(=O)CC(=O)Nc1cncc(-c2nc(NCc3ccccc3)c3c(-c4ccccc4)ccn3n2)c1.CS(=O)(=O)Nc1cncc(-c2nc(NCc3ccccn3)c3c(-c4ccccc4)ccn3n2)c1.CS(=O)(=O)c1cncc(-c2nc(NCc3ccccc3)c3c(-c4ccccc4)ccn3n2)c1.CS(=O)(=O)c1cncc(-c2nc(NCc3ccccn3)c3c(-c4ccccc4)ccn3n2)c1. The van der Waals surface area contributed by atoms with Gasteiger partial charge in [0.2, 0.25) is 15.9 Å². The number of Topliss-reactive ketones (excluding diaryl/α,β-unsaturated/α-hetero) is 1. The van der Waals surface area contributed by atoms with Crippen molar-refractivity contribution >= 4 is 98.1 Å². The van der Waals surface area contributed by atoms with E-state index in [4.69, 9.17) is 25.0 Å². The Bertz CT molecular complexity index is 7810. The molecule has 14 aromatic heterocycles. The molecule has 0 spiro atoms. The van der Waals surface area contributed by atoms with Crippen LogP contribution in [-0.4, -0.2) is 144 Å². The van der Waals surface area contributed by atoms with Crippen molar-refractivity contribution in [2.45, 2.75) is 49.3 Å². The maximum absolute atomic E-state index is 12.1. The predicted octanol–water partition coefficient (Wildman–Crippen LogP) is 17.2. The lowest BCUT2D eigenvalue weighted by Gasteiger charge is -2.12. The smallest absolute Gasteiger partial charge is 0.231 e. The number of benzene rings is 6. The summed E-state index contributed by atoms with van der Waals surface area (Å²) in [5.41, 5.74) is 18.6. The van der Waals surface area contributed by atoms with E-state index in [1.165, 1.54) is 37.8 Å². The standard InChI is InChI=1S/C28H24N6O2.C25H21N5O2S.C24H21N7O2S.C24H20N6O2S/c1-19(35)14-25(36)31-23-15-22(17-29-18-23)27-32-28(30-16-20-8-4-2-5-9-20)26-24(12-13-34(26)33-27)21-10-6-3-7-11-21;1-33(31,32)21-14-20(16-26-17-21)24-28-25(27-15-18-8-4-2-5-9-18)23-22(12-13-30(23)29-24)19-10-6-3-7-11-19;1-34(32,33)30-20-13-18(14-25-15-20)23-28-24(27-16-19-9-5-6-11-26-19)22-21(10-12-31(22)29-23)17-7-3-2-4-8-17;1-33(31,32)20-13-18(14-25-16-20)23-28-24(27-15-19-9-5-6-11-26-19)22-21(10-12-30(22)29-23)17-7-3-2-4-8-17/h2-13,15,17-18H,14,16H2,1H3,(H,31,36)(H,30,32,33);2-14,16-17H,15H2,1H3,(H,27,28,29);2-15,30H,16H2,1H3,(H,27,28,29);2-14,16H,15H2,1H3,(H,27,28,29). The molecule has 0 aliphatic rings. The first-order valence-electron chi connectivity index (χ1n) is 42.6. The molecule has 6 aromatic carbocycles. The van der Waals surface area contributed by atoms with Gasteiger partial charge in [-0.2, -0.15) is 0 Å². The summed E-state index contributed by atoms with van der Waals surface area (Å²) < 4.78 is 80.9. The van der Waals surface area contributed by atoms with Gasteiger partial charge in [-0.15, -0.1) is 20.4 Å². The van der Waals surface area contributed by atoms with E-state index in [1.54, 1.807) is 73.4 Å². The van der Waals surface area contributed by atoms with E-state index in [9.17, 15) is 34.8 Å². The van der Waals surface area contributed by atoms with Crippen molar-refractivity contribution in [3.8, 4) is 90.1 Å². The number of pyridine rings is 6. The van der Waals surface area contributed by atoms with Crippen molar-refractivity contribution in [1.29, 1.82) is 0 Å². The Balaban J connectivity index is 0.000000126. The van der Waals surface area contributed by atoms with Crippen LogP contribution in [0.2, 0.25) is 0 Å². The molecule has 6 N–H and O–H groups in total. The second kappa shape index (κ2) is 41.0. The van der Waals surface area contributed by atoms with Crippen molar-refractivity contribution < 1.29 is 34.8 Å². The number of ketones is 1. The minimum Gasteiger partial charge on any atom is -0.364 e. The number of hydrogen-bond acceptors (Lipinski definition) is 26. The summed E-state index contributed by atoms with van der Waals surface area (Å²) in [4.78, 5) is 68.1. The summed E-state index contributed by atoms with van der Waals surface area (Å²) in [5, 5.41) is 35.1. The van der Waals surface area contributed by atoms with Gasteiger partial charge in [0.05, 0.1) is 70.7 Å². The zero-order valence-electron chi connectivity index (χ0n) is 73.6. The molecule has 0 unspecified atom stereocenters. The largest absolute Gasteiger partial charge is 0.364 e. The Morgan fingerprint density at radius 2 is 0.610 bits per heavy atom. The van der Waals surface area contributed by atoms with Gasteiger partial charge < -0.3 is 26.6 Å². The van der Waals surface area contributed by atoms with Crippen molar-refractivity contribution in [3.05, 3.63) is 376 Å². The molecule has 676 valence electrons. The van der Waals surface area contributed by atoms with E-state index < -0.39 is 29.7 Å². The van der Waals surface area contributed by atoms with Crippen LogP contribution in [0.1, 0.15) is 35.9 Å². The molecule has 35 heteroatoms. The average molecular weight is 1860 g/mol. The lowest BCUT2D eigenvalue weighted by molar-refractivity contribution is -0.124. The fourth-order valence-corrected chi connectivity index (χ4v) is 16.5. The number of carbonyl (C=O) groups excluding carboxylic acids is 2. The molecule has 1 amide bonds. The third-order valence-electron chi connectivity index (χ3n) is 21.1. The lowest BCUT2D eigenvalue weighted by Crippen LogP contribution is -2.15. The van der Waals surface area contributed by atoms with E-state index in [0.29, 0.717) is 106 Å². The first-order chi connectivity index (χ1) is 66.0. The van der Waals surface area contributed by atoms with Crippen LogP contribution in [0.25, 0.3) is 112 Å². The maximum atomic E-state index is 12.1. The highest BCUT2D eigenvalue weighted by Crippen LogP contribution is 2.38. The summed E-state index contributed by atoms with van der Waals surface area (Å²) in [6.07, 6.45) is 26.2. The Kier molecular flexibility index (Phi) is 27.3. The van der Waals surface area contributed by atoms with Crippen LogP contribution in [-0.2, 0) is 65.5 Å². The minimum atomic E-state index is -3.44. The van der Waals surface area contributed by atoms with Crippen LogP contribution in [0.4, 0.5) is 34.6 Å². The summed E-state index contributed by atoms with van der Waals surface area (Å²) in [7, 11) is -10.3. The van der Waals surface area contributed by atoms with Gasteiger partial charge in [-0.3, -0.25) is 44.2 Å². The van der Waals surface area contributed by atoms with Gasteiger partial charge in [-0.1, -0.05) is 194 Å². The molecule has 14 heterocycles. The highest BCUT2D eigenvalue weighted by atomic mass is 32.2. The number of rotatable bonds is 27. The van der Waals surface area contributed by atoms with Crippen molar-refractivity contribution in [2.75, 3.05) is 50.1 Å². The molecule has 0 atom stereocenters. The first-order valence-corrected chi connectivity index (χ1v) is 48.3. The van der Waals surface area contributed by atoms with Gasteiger partial charge in [0.25, 0.3) is 0 Å². The van der Waals surface area contributed by atoms with Crippen LogP contribution >= 0.6 is 0 Å². The maximum Gasteiger partial charge on any atom is 0.231 e. The molecular formula is C101H86N24O8S3. The predicted molar refractivity (Wildman–Crippen MR) is 526 cm³/mol. The Labute approximate surface area is 781 Å². The molecule has 20 rings (SSSR count). The summed E-state index contributed by atoms with van der Waals surface area (Å²) in [6.45, 7) is 3.48. The third kappa shape index (κ3) is 22.5. The number of sulfonamides is 1. The molecule has 136 heavy (non-hydrogen) atoms. The molecular weight excluding hydrogens is 1770 g/mol. The molecule has 0 aliphatic carbocycles. The normalized spacial score (nSPS) is 11.3. The Morgan fingerprint density at radius 1 is 0.316 bits per heavy atom. The van der Waals surface area contributed by atoms with Crippen LogP contribution in [0.3, 0.4) is 0 Å². The molecule has 32 nitrogen and oxygen atoms in total. The van der Waals surface area contributed by atoms with Gasteiger partial charge in [0, 0.05) is 144 Å². The third-order valence-corrected chi connectivity index (χ3v) is 23.9. The summed E-state index contributed by atoms with van der Waals surface area (Å²) >= 11 is 0. The van der Waals surface area contributed by atoms with E-state index in [1.807, 2.05) is 243 Å². The fraction of sp³-hybridized carbons (Fsp3) is 0.0891. The van der Waals surface area contributed by atoms with E-state index in [0.717, 1.165) is 108 Å². The minimum absolute atomic E-state index is 0.115. The highest BCUT2D eigenvalue weighted by Gasteiger charge is 2.24. The summed E-state index contributed by atoms with van der Waals surface area (Å²) in [6, 6.07) is 86.3. The zero-order chi connectivity index (χ0) is 94.1. The number of nitrogens with zero attached hydrogens (tertiary/aromatic N) is 18. The highest BCUT2D eigenvalue weighted by molar-refractivity contribution is 7.92. The topological polar surface area (TPSA) is 407 Å². The Morgan fingerprint density at radius 3 is 0.919 bits per heavy atom. The van der Waals surface area contributed by atoms with Gasteiger partial charge in [-0.25, -0.2) is 63.3 Å². The van der Waals surface area contributed by atoms with Gasteiger partial charge >= 0.3 is 0 Å². The number of fused-ring (bicyclic) bond motifs is 4. The fourth-order valence-electron chi connectivity index (χ4n) is 14.8. The first kappa shape index (κ1) is 90.6. The van der Waals surface area contributed by atoms with Crippen LogP contribution in [0.5, 0.6) is 0 Å². The number of carbonyl (C=O) groups is 2. The van der Waals surface area contributed by atoms with Crippen LogP contribution in [0.15, 0.2) is 363 Å². The second-order valence-electron chi connectivity index (χ2n) is 31.3. The van der Waals surface area contributed by atoms with Crippen molar-refractivity contribution in [2.24, 2.45) is 0 Å². The van der Waals surface area contributed by atoms with Gasteiger partial charge in [-0.05, 0) is 113 Å². The Hall–Kier alpha value is -17.3. The van der Waals surface area contributed by atoms with Crippen LogP contribution < -0.4 is 31.3 Å². The molecule has 0 aliphatic heterocycles. The van der Waals surface area contributed by atoms with Gasteiger partial charge in [0.1, 0.15) is 27.9 Å². The number of sulfone groups is 2. The van der Waals surface area contributed by atoms with E-state index >= 15 is 0 Å². The monoisotopic (exact) mass is 1860 g/mol. The molecule has 0 saturated carbocycles. The number of nitrogens with one attached hydrogen (secondary N) is 6. The summed E-state index contributed by atoms with van der Waals surface area (Å²) in [5.74, 6) is 3.56. The number of hydrogen-bond donors (Lipinski definition) is 6. The number of aromatic nitrogens is 18. The molecule has 0 fully saturated rings. The molecule has 0 saturated heterocycles. The van der Waals surface area contributed by atoms with E-state index in [-0.39, 0.29) is 27.9 Å².